The van der Waals surface area contributed by atoms with Crippen LogP contribution in [0.25, 0.3) is 77.0 Å². The minimum Gasteiger partial charge on any atom is -0.309 e. The number of aromatic nitrogens is 3. The van der Waals surface area contributed by atoms with Crippen molar-refractivity contribution in [2.75, 3.05) is 0 Å². The van der Waals surface area contributed by atoms with Crippen LogP contribution in [0, 0.1) is 6.92 Å². The summed E-state index contributed by atoms with van der Waals surface area (Å²) in [5, 5.41) is 6.09. The maximum absolute atomic E-state index is 4.82. The van der Waals surface area contributed by atoms with E-state index in [9.17, 15) is 0 Å². The monoisotopic (exact) mass is 549 g/mol. The smallest absolute Gasteiger partial charge is 0.0802 e. The normalized spacial score (nSPS) is 11.8. The zero-order valence-electron chi connectivity index (χ0n) is 23.7. The molecule has 9 aromatic rings. The van der Waals surface area contributed by atoms with Crippen molar-refractivity contribution >= 4 is 54.5 Å². The molecule has 0 bridgehead atoms. The molecule has 0 fully saturated rings. The second-order valence-corrected chi connectivity index (χ2v) is 11.4. The zero-order chi connectivity index (χ0) is 28.5. The van der Waals surface area contributed by atoms with Crippen LogP contribution in [0.2, 0.25) is 0 Å². The summed E-state index contributed by atoms with van der Waals surface area (Å²) in [4.78, 5) is 4.82. The first-order valence-corrected chi connectivity index (χ1v) is 14.7. The van der Waals surface area contributed by atoms with Crippen LogP contribution in [0.3, 0.4) is 0 Å². The Labute approximate surface area is 248 Å². The van der Waals surface area contributed by atoms with Gasteiger partial charge in [0.1, 0.15) is 0 Å². The first-order valence-electron chi connectivity index (χ1n) is 14.7. The molecule has 0 saturated carbocycles. The van der Waals surface area contributed by atoms with Crippen LogP contribution >= 0.6 is 0 Å². The van der Waals surface area contributed by atoms with Crippen LogP contribution < -0.4 is 0 Å². The molecule has 3 heterocycles. The van der Waals surface area contributed by atoms with Gasteiger partial charge in [-0.05, 0) is 78.2 Å². The maximum Gasteiger partial charge on any atom is 0.0802 e. The summed E-state index contributed by atoms with van der Waals surface area (Å²) in [7, 11) is 0. The fraction of sp³-hybridized carbons (Fsp3) is 0.0250. The number of fused-ring (bicyclic) bond motifs is 8. The van der Waals surface area contributed by atoms with Gasteiger partial charge in [-0.2, -0.15) is 0 Å². The number of para-hydroxylation sites is 2. The molecule has 3 nitrogen and oxygen atoms in total. The molecule has 3 aromatic heterocycles. The number of hydrogen-bond acceptors (Lipinski definition) is 1. The number of pyridine rings is 1. The molecule has 202 valence electrons. The first-order chi connectivity index (χ1) is 21.2. The molecule has 6 aromatic carbocycles. The van der Waals surface area contributed by atoms with E-state index >= 15 is 0 Å². The highest BCUT2D eigenvalue weighted by Crippen LogP contribution is 2.38. The molecule has 0 N–H and O–H groups in total. The van der Waals surface area contributed by atoms with Gasteiger partial charge in [0, 0.05) is 44.5 Å². The molecule has 3 heteroatoms. The molecule has 0 radical (unpaired) electrons. The Morgan fingerprint density at radius 3 is 1.93 bits per heavy atom. The van der Waals surface area contributed by atoms with Crippen LogP contribution in [0.5, 0.6) is 0 Å². The standard InChI is InChI=1S/C40H27N3/c1-26-22-30(42-35-15-7-5-13-32(35)34-24-29(18-19-37(34)42)27-10-3-2-4-11-27)25-31(23-26)43-36-16-8-6-14-33(36)39-38(43)20-17-28-12-9-21-41-40(28)39/h2-25H,1H3. The van der Waals surface area contributed by atoms with Crippen molar-refractivity contribution in [3.05, 3.63) is 151 Å². The zero-order valence-corrected chi connectivity index (χ0v) is 23.7. The van der Waals surface area contributed by atoms with E-state index in [2.05, 4.69) is 150 Å². The Kier molecular flexibility index (Phi) is 5.11. The van der Waals surface area contributed by atoms with Crippen molar-refractivity contribution in [1.29, 1.82) is 0 Å². The lowest BCUT2D eigenvalue weighted by Crippen LogP contribution is -2.00. The molecular formula is C40H27N3. The fourth-order valence-electron chi connectivity index (χ4n) is 6.94. The van der Waals surface area contributed by atoms with Crippen molar-refractivity contribution in [3.8, 4) is 22.5 Å². The quantitative estimate of drug-likeness (QED) is 0.215. The van der Waals surface area contributed by atoms with Gasteiger partial charge < -0.3 is 9.13 Å². The topological polar surface area (TPSA) is 22.8 Å². The molecule has 0 saturated heterocycles. The summed E-state index contributed by atoms with van der Waals surface area (Å²) < 4.78 is 4.82. The lowest BCUT2D eigenvalue weighted by Gasteiger charge is -2.14. The fourth-order valence-corrected chi connectivity index (χ4v) is 6.94. The Morgan fingerprint density at radius 2 is 1.12 bits per heavy atom. The van der Waals surface area contributed by atoms with Crippen molar-refractivity contribution in [1.82, 2.24) is 14.1 Å². The molecule has 0 unspecified atom stereocenters. The van der Waals surface area contributed by atoms with E-state index in [0.29, 0.717) is 0 Å². The van der Waals surface area contributed by atoms with E-state index in [1.165, 1.54) is 60.3 Å². The highest BCUT2D eigenvalue weighted by molar-refractivity contribution is 6.20. The third-order valence-corrected chi connectivity index (χ3v) is 8.75. The molecule has 0 amide bonds. The van der Waals surface area contributed by atoms with Crippen LogP contribution in [-0.4, -0.2) is 14.1 Å². The highest BCUT2D eigenvalue weighted by Gasteiger charge is 2.18. The molecule has 0 spiro atoms. The lowest BCUT2D eigenvalue weighted by molar-refractivity contribution is 1.12. The van der Waals surface area contributed by atoms with Crippen LogP contribution in [0.4, 0.5) is 0 Å². The third-order valence-electron chi connectivity index (χ3n) is 8.75. The average Bonchev–Trinajstić information content (AvgIpc) is 3.58. The molecule has 0 aliphatic heterocycles. The van der Waals surface area contributed by atoms with Crippen LogP contribution in [0.15, 0.2) is 146 Å². The predicted molar refractivity (Wildman–Crippen MR) is 181 cm³/mol. The summed E-state index contributed by atoms with van der Waals surface area (Å²) in [5.74, 6) is 0. The summed E-state index contributed by atoms with van der Waals surface area (Å²) in [6, 6.07) is 50.4. The SMILES string of the molecule is Cc1cc(-n2c3ccccc3c3cc(-c4ccccc4)ccc32)cc(-n2c3ccccc3c3c4ncccc4ccc32)c1. The van der Waals surface area contributed by atoms with Gasteiger partial charge in [-0.3, -0.25) is 4.98 Å². The first kappa shape index (κ1) is 24.0. The number of aryl methyl sites for hydroxylation is 1. The molecule has 43 heavy (non-hydrogen) atoms. The molecule has 9 rings (SSSR count). The summed E-state index contributed by atoms with van der Waals surface area (Å²) >= 11 is 0. The van der Waals surface area contributed by atoms with Crippen LogP contribution in [0.1, 0.15) is 5.56 Å². The summed E-state index contributed by atoms with van der Waals surface area (Å²) in [6.07, 6.45) is 1.89. The van der Waals surface area contributed by atoms with Gasteiger partial charge in [0.25, 0.3) is 0 Å². The van der Waals surface area contributed by atoms with E-state index in [1.807, 2.05) is 12.3 Å². The molecule has 0 atom stereocenters. The Bertz CT molecular complexity index is 2510. The van der Waals surface area contributed by atoms with Crippen molar-refractivity contribution in [2.24, 2.45) is 0 Å². The van der Waals surface area contributed by atoms with Crippen molar-refractivity contribution in [3.63, 3.8) is 0 Å². The second kappa shape index (κ2) is 9.17. The summed E-state index contributed by atoms with van der Waals surface area (Å²) in [6.45, 7) is 2.19. The lowest BCUT2D eigenvalue weighted by atomic mass is 10.0. The number of nitrogens with zero attached hydrogens (tertiary/aromatic N) is 3. The minimum atomic E-state index is 1.04. The van der Waals surface area contributed by atoms with E-state index < -0.39 is 0 Å². The maximum atomic E-state index is 4.82. The van der Waals surface area contributed by atoms with Crippen molar-refractivity contribution in [2.45, 2.75) is 6.92 Å². The number of rotatable bonds is 3. The Morgan fingerprint density at radius 1 is 0.465 bits per heavy atom. The van der Waals surface area contributed by atoms with Gasteiger partial charge in [0.15, 0.2) is 0 Å². The van der Waals surface area contributed by atoms with E-state index in [4.69, 9.17) is 4.98 Å². The van der Waals surface area contributed by atoms with Crippen molar-refractivity contribution < 1.29 is 0 Å². The second-order valence-electron chi connectivity index (χ2n) is 11.4. The van der Waals surface area contributed by atoms with Gasteiger partial charge in [-0.25, -0.2) is 0 Å². The van der Waals surface area contributed by atoms with Gasteiger partial charge >= 0.3 is 0 Å². The predicted octanol–water partition coefficient (Wildman–Crippen LogP) is 10.4. The van der Waals surface area contributed by atoms with E-state index in [0.717, 1.165) is 22.3 Å². The van der Waals surface area contributed by atoms with E-state index in [-0.39, 0.29) is 0 Å². The number of benzene rings is 6. The van der Waals surface area contributed by atoms with Gasteiger partial charge in [-0.15, -0.1) is 0 Å². The number of hydrogen-bond donors (Lipinski definition) is 0. The Hall–Kier alpha value is -5.67. The largest absolute Gasteiger partial charge is 0.309 e. The van der Waals surface area contributed by atoms with Gasteiger partial charge in [-0.1, -0.05) is 84.9 Å². The third kappa shape index (κ3) is 3.58. The minimum absolute atomic E-state index is 1.04. The van der Waals surface area contributed by atoms with Crippen LogP contribution in [-0.2, 0) is 0 Å². The molecular weight excluding hydrogens is 522 g/mol. The van der Waals surface area contributed by atoms with Gasteiger partial charge in [0.05, 0.1) is 27.6 Å². The van der Waals surface area contributed by atoms with E-state index in [1.54, 1.807) is 0 Å². The Balaban J connectivity index is 1.33. The molecule has 0 aliphatic carbocycles. The van der Waals surface area contributed by atoms with Gasteiger partial charge in [0.2, 0.25) is 0 Å². The molecule has 0 aliphatic rings. The summed E-state index contributed by atoms with van der Waals surface area (Å²) in [5.41, 5.74) is 11.8. The highest BCUT2D eigenvalue weighted by atomic mass is 15.0. The average molecular weight is 550 g/mol.